The molecule has 0 amide bonds. The van der Waals surface area contributed by atoms with Gasteiger partial charge in [0.1, 0.15) is 5.69 Å². The van der Waals surface area contributed by atoms with Crippen molar-refractivity contribution in [1.82, 2.24) is 4.98 Å². The SMILES string of the molecule is C=CC(F)(F)F.Cc1cccc(/C=C\CCc2ccc(C(=O)CCC3CCOCC3)nc2)c1.[HH]. The van der Waals surface area contributed by atoms with Crippen molar-refractivity contribution in [2.45, 2.75) is 51.6 Å². The second kappa shape index (κ2) is 13.7. The summed E-state index contributed by atoms with van der Waals surface area (Å²) in [6.07, 6.45) is 7.56. The summed E-state index contributed by atoms with van der Waals surface area (Å²) < 4.78 is 37.4. The van der Waals surface area contributed by atoms with Gasteiger partial charge in [0.05, 0.1) is 0 Å². The van der Waals surface area contributed by atoms with Crippen molar-refractivity contribution in [2.24, 2.45) is 5.92 Å². The molecule has 1 aliphatic heterocycles. The molecule has 1 aromatic heterocycles. The standard InChI is InChI=1S/C24H29NO2.C3H3F3.H2/c1-19-5-4-8-21(17-19)6-2-3-7-22-9-11-23(25-18-22)24(26)12-10-20-13-15-27-16-14-20;1-2-3(4,5)6;/h2,4-6,8-9,11,17-18,20H,3,7,10,12-16H2,1H3;2H,1H2;1H/b6-2-;;. The monoisotopic (exact) mass is 461 g/mol. The summed E-state index contributed by atoms with van der Waals surface area (Å²) in [6, 6.07) is 12.4. The molecule has 1 fully saturated rings. The number of hydrogen-bond acceptors (Lipinski definition) is 3. The minimum Gasteiger partial charge on any atom is -0.381 e. The lowest BCUT2D eigenvalue weighted by molar-refractivity contribution is -0.0795. The Kier molecular flexibility index (Phi) is 11.0. The Hall–Kier alpha value is -2.73. The minimum absolute atomic E-state index is 0. The number of aryl methyl sites for hydroxylation is 2. The number of aromatic nitrogens is 1. The molecule has 2 heterocycles. The molecule has 3 rings (SSSR count). The van der Waals surface area contributed by atoms with E-state index in [0.29, 0.717) is 18.0 Å². The van der Waals surface area contributed by atoms with Gasteiger partial charge in [0.15, 0.2) is 5.78 Å². The minimum atomic E-state index is -4.19. The first-order valence-electron chi connectivity index (χ1n) is 11.3. The van der Waals surface area contributed by atoms with Crippen molar-refractivity contribution in [3.8, 4) is 0 Å². The Morgan fingerprint density at radius 2 is 1.97 bits per heavy atom. The van der Waals surface area contributed by atoms with Crippen molar-refractivity contribution in [3.05, 3.63) is 83.7 Å². The van der Waals surface area contributed by atoms with Crippen LogP contribution in [0.2, 0.25) is 0 Å². The third-order valence-electron chi connectivity index (χ3n) is 5.41. The lowest BCUT2D eigenvalue weighted by Crippen LogP contribution is -2.16. The van der Waals surface area contributed by atoms with Crippen molar-refractivity contribution in [1.29, 1.82) is 0 Å². The fourth-order valence-corrected chi connectivity index (χ4v) is 3.48. The van der Waals surface area contributed by atoms with Crippen LogP contribution in [0.4, 0.5) is 13.2 Å². The molecule has 0 unspecified atom stereocenters. The molecule has 0 N–H and O–H groups in total. The molecule has 1 aromatic carbocycles. The van der Waals surface area contributed by atoms with Gasteiger partial charge in [0.25, 0.3) is 0 Å². The van der Waals surface area contributed by atoms with Gasteiger partial charge in [-0.2, -0.15) is 13.2 Å². The second-order valence-corrected chi connectivity index (χ2v) is 8.17. The Balaban J connectivity index is 0.000000735. The molecule has 0 radical (unpaired) electrons. The van der Waals surface area contributed by atoms with Gasteiger partial charge in [-0.1, -0.05) is 54.6 Å². The van der Waals surface area contributed by atoms with Crippen LogP contribution in [0.5, 0.6) is 0 Å². The smallest absolute Gasteiger partial charge is 0.381 e. The number of alkyl halides is 3. The van der Waals surface area contributed by atoms with Crippen LogP contribution in [-0.4, -0.2) is 30.2 Å². The molecule has 0 bridgehead atoms. The molecule has 1 aliphatic rings. The van der Waals surface area contributed by atoms with Crippen LogP contribution in [0.25, 0.3) is 6.08 Å². The van der Waals surface area contributed by atoms with Gasteiger partial charge >= 0.3 is 6.18 Å². The number of carbonyl (C=O) groups excluding carboxylic acids is 1. The van der Waals surface area contributed by atoms with E-state index >= 15 is 0 Å². The molecular formula is C27H34F3NO2. The van der Waals surface area contributed by atoms with Crippen LogP contribution in [0, 0.1) is 12.8 Å². The van der Waals surface area contributed by atoms with E-state index in [1.165, 1.54) is 16.7 Å². The Bertz CT molecular complexity index is 905. The summed E-state index contributed by atoms with van der Waals surface area (Å²) in [5.41, 5.74) is 4.28. The Morgan fingerprint density at radius 3 is 2.58 bits per heavy atom. The normalized spacial score (nSPS) is 14.5. The maximum atomic E-state index is 12.3. The average molecular weight is 462 g/mol. The maximum absolute atomic E-state index is 12.3. The zero-order valence-corrected chi connectivity index (χ0v) is 19.1. The van der Waals surface area contributed by atoms with Crippen molar-refractivity contribution in [3.63, 3.8) is 0 Å². The number of ketones is 1. The van der Waals surface area contributed by atoms with Gasteiger partial charge < -0.3 is 4.74 Å². The molecule has 2 aromatic rings. The van der Waals surface area contributed by atoms with E-state index in [1.807, 2.05) is 18.3 Å². The molecular weight excluding hydrogens is 427 g/mol. The van der Waals surface area contributed by atoms with Crippen LogP contribution in [0.3, 0.4) is 0 Å². The molecule has 0 aliphatic carbocycles. The summed E-state index contributed by atoms with van der Waals surface area (Å²) in [4.78, 5) is 16.7. The first-order valence-corrected chi connectivity index (χ1v) is 11.3. The lowest BCUT2D eigenvalue weighted by atomic mass is 9.93. The van der Waals surface area contributed by atoms with Crippen LogP contribution in [-0.2, 0) is 11.2 Å². The van der Waals surface area contributed by atoms with Crippen molar-refractivity contribution in [2.75, 3.05) is 13.2 Å². The molecule has 3 nitrogen and oxygen atoms in total. The number of halogens is 3. The van der Waals surface area contributed by atoms with Crippen LogP contribution >= 0.6 is 0 Å². The predicted octanol–water partition coefficient (Wildman–Crippen LogP) is 7.41. The molecule has 33 heavy (non-hydrogen) atoms. The summed E-state index contributed by atoms with van der Waals surface area (Å²) in [5.74, 6) is 0.787. The molecule has 0 saturated carbocycles. The van der Waals surface area contributed by atoms with E-state index in [1.54, 1.807) is 0 Å². The van der Waals surface area contributed by atoms with E-state index in [2.05, 4.69) is 54.9 Å². The molecule has 6 heteroatoms. The van der Waals surface area contributed by atoms with Crippen LogP contribution in [0.1, 0.15) is 60.7 Å². The first-order chi connectivity index (χ1) is 15.8. The van der Waals surface area contributed by atoms with Gasteiger partial charge in [-0.05, 0) is 62.1 Å². The van der Waals surface area contributed by atoms with Crippen LogP contribution in [0.15, 0.2) is 61.3 Å². The van der Waals surface area contributed by atoms with E-state index < -0.39 is 6.18 Å². The highest BCUT2D eigenvalue weighted by molar-refractivity contribution is 5.94. The number of allylic oxidation sites excluding steroid dienone is 2. The summed E-state index contributed by atoms with van der Waals surface area (Å²) in [5, 5.41) is 0. The fourth-order valence-electron chi connectivity index (χ4n) is 3.48. The van der Waals surface area contributed by atoms with Gasteiger partial charge in [-0.25, -0.2) is 0 Å². The van der Waals surface area contributed by atoms with Crippen LogP contribution < -0.4 is 0 Å². The molecule has 0 spiro atoms. The molecule has 0 atom stereocenters. The van der Waals surface area contributed by atoms with Crippen molar-refractivity contribution >= 4 is 11.9 Å². The Labute approximate surface area is 195 Å². The third kappa shape index (κ3) is 11.1. The number of nitrogens with zero attached hydrogens (tertiary/aromatic N) is 1. The fraction of sp³-hybridized carbons (Fsp3) is 0.407. The van der Waals surface area contributed by atoms with Gasteiger partial charge in [0, 0.05) is 33.3 Å². The molecule has 180 valence electrons. The number of carbonyl (C=O) groups is 1. The Morgan fingerprint density at radius 1 is 1.24 bits per heavy atom. The van der Waals surface area contributed by atoms with Crippen molar-refractivity contribution < 1.29 is 24.1 Å². The van der Waals surface area contributed by atoms with E-state index in [9.17, 15) is 18.0 Å². The highest BCUT2D eigenvalue weighted by Gasteiger charge is 2.19. The number of Topliss-reactive ketones (excluding diaryl/α,β-unsaturated/α-hetero) is 1. The maximum Gasteiger partial charge on any atom is 0.409 e. The van der Waals surface area contributed by atoms with E-state index in [0.717, 1.165) is 45.3 Å². The summed E-state index contributed by atoms with van der Waals surface area (Å²) in [7, 11) is 0. The van der Waals surface area contributed by atoms with Gasteiger partial charge in [-0.15, -0.1) is 0 Å². The highest BCUT2D eigenvalue weighted by Crippen LogP contribution is 2.21. The number of pyridine rings is 1. The van der Waals surface area contributed by atoms with Gasteiger partial charge in [-0.3, -0.25) is 9.78 Å². The summed E-state index contributed by atoms with van der Waals surface area (Å²) in [6.45, 7) is 6.29. The largest absolute Gasteiger partial charge is 0.409 e. The quantitative estimate of drug-likeness (QED) is 0.304. The predicted molar refractivity (Wildman–Crippen MR) is 128 cm³/mol. The highest BCUT2D eigenvalue weighted by atomic mass is 19.4. The number of ether oxygens (including phenoxy) is 1. The first kappa shape index (κ1) is 26.5. The number of rotatable bonds is 8. The lowest BCUT2D eigenvalue weighted by Gasteiger charge is -2.21. The third-order valence-corrected chi connectivity index (χ3v) is 5.41. The van der Waals surface area contributed by atoms with Gasteiger partial charge in [0.2, 0.25) is 0 Å². The zero-order valence-electron chi connectivity index (χ0n) is 19.1. The second-order valence-electron chi connectivity index (χ2n) is 8.17. The zero-order chi connectivity index (χ0) is 24.1. The van der Waals surface area contributed by atoms with E-state index in [4.69, 9.17) is 4.74 Å². The summed E-state index contributed by atoms with van der Waals surface area (Å²) >= 11 is 0. The topological polar surface area (TPSA) is 39.2 Å². The average Bonchev–Trinajstić information content (AvgIpc) is 2.81. The number of hydrogen-bond donors (Lipinski definition) is 0. The molecule has 1 saturated heterocycles. The van der Waals surface area contributed by atoms with E-state index in [-0.39, 0.29) is 13.3 Å². The number of benzene rings is 1.